The quantitative estimate of drug-likeness (QED) is 0.469. The molecule has 0 bridgehead atoms. The number of aromatic carboxylic acids is 1. The standard InChI is InChI=1S/C24H26N4O4.3ClH/c1-3-27-10-12-28(13-11-27)22-15-20(24(30)31)19-14-17(6-9-21(19)26-22)25-23(29)16-4-7-18(32-2)8-5-16;;;/h4-9,14-15H,3,10-13H2,1-2H3,(H,25,29)(H,30,31);3*1H. The fraction of sp³-hybridized carbons (Fsp3) is 0.292. The molecule has 2 N–H and O–H groups in total. The molecule has 0 atom stereocenters. The molecule has 1 aliphatic heterocycles. The van der Waals surface area contributed by atoms with Crippen LogP contribution in [0.15, 0.2) is 48.5 Å². The minimum atomic E-state index is -1.02. The van der Waals surface area contributed by atoms with E-state index in [1.54, 1.807) is 55.6 Å². The number of benzene rings is 2. The number of hydrogen-bond acceptors (Lipinski definition) is 6. The molecule has 1 amide bonds. The van der Waals surface area contributed by atoms with Gasteiger partial charge in [0.15, 0.2) is 0 Å². The molecular formula is C24H29Cl3N4O4. The predicted molar refractivity (Wildman–Crippen MR) is 146 cm³/mol. The third kappa shape index (κ3) is 6.89. The third-order valence-electron chi connectivity index (χ3n) is 5.78. The van der Waals surface area contributed by atoms with Gasteiger partial charge in [-0.2, -0.15) is 0 Å². The highest BCUT2D eigenvalue weighted by Crippen LogP contribution is 2.27. The van der Waals surface area contributed by atoms with Crippen LogP contribution >= 0.6 is 37.2 Å². The SMILES string of the molecule is CCN1CCN(c2cc(C(=O)O)c3cc(NC(=O)c4ccc(OC)cc4)ccc3n2)CC1.Cl.Cl.Cl. The minimum absolute atomic E-state index is 0. The molecule has 0 aliphatic carbocycles. The lowest BCUT2D eigenvalue weighted by Gasteiger charge is -2.35. The van der Waals surface area contributed by atoms with Crippen molar-refractivity contribution in [1.29, 1.82) is 0 Å². The molecule has 35 heavy (non-hydrogen) atoms. The summed E-state index contributed by atoms with van der Waals surface area (Å²) in [7, 11) is 1.56. The van der Waals surface area contributed by atoms with Crippen LogP contribution < -0.4 is 15.0 Å². The van der Waals surface area contributed by atoms with Gasteiger partial charge in [-0.3, -0.25) is 4.79 Å². The maximum atomic E-state index is 12.6. The summed E-state index contributed by atoms with van der Waals surface area (Å²) >= 11 is 0. The largest absolute Gasteiger partial charge is 0.497 e. The summed E-state index contributed by atoms with van der Waals surface area (Å²) in [5, 5.41) is 13.1. The van der Waals surface area contributed by atoms with Gasteiger partial charge in [-0.25, -0.2) is 9.78 Å². The third-order valence-corrected chi connectivity index (χ3v) is 5.78. The van der Waals surface area contributed by atoms with Crippen LogP contribution in [0.3, 0.4) is 0 Å². The summed E-state index contributed by atoms with van der Waals surface area (Å²) in [6, 6.07) is 13.5. The van der Waals surface area contributed by atoms with Crippen molar-refractivity contribution in [1.82, 2.24) is 9.88 Å². The first-order chi connectivity index (χ1) is 15.5. The second kappa shape index (κ2) is 13.3. The van der Waals surface area contributed by atoms with Gasteiger partial charge in [-0.15, -0.1) is 37.2 Å². The van der Waals surface area contributed by atoms with Crippen molar-refractivity contribution in [2.45, 2.75) is 6.92 Å². The van der Waals surface area contributed by atoms with Crippen LogP contribution in [0.1, 0.15) is 27.6 Å². The molecule has 1 saturated heterocycles. The van der Waals surface area contributed by atoms with E-state index in [2.05, 4.69) is 22.0 Å². The number of likely N-dealkylation sites (N-methyl/N-ethyl adjacent to an activating group) is 1. The van der Waals surface area contributed by atoms with E-state index < -0.39 is 5.97 Å². The number of carboxylic acid groups (broad SMARTS) is 1. The maximum absolute atomic E-state index is 12.6. The zero-order valence-electron chi connectivity index (χ0n) is 19.4. The molecule has 0 radical (unpaired) electrons. The minimum Gasteiger partial charge on any atom is -0.497 e. The molecule has 2 aromatic carbocycles. The monoisotopic (exact) mass is 542 g/mol. The first-order valence-corrected chi connectivity index (χ1v) is 10.6. The molecule has 190 valence electrons. The zero-order valence-corrected chi connectivity index (χ0v) is 21.8. The van der Waals surface area contributed by atoms with Crippen molar-refractivity contribution in [3.05, 3.63) is 59.7 Å². The average Bonchev–Trinajstić information content (AvgIpc) is 2.83. The van der Waals surface area contributed by atoms with E-state index >= 15 is 0 Å². The van der Waals surface area contributed by atoms with Crippen molar-refractivity contribution < 1.29 is 19.4 Å². The number of fused-ring (bicyclic) bond motifs is 1. The summed E-state index contributed by atoms with van der Waals surface area (Å²) in [6.45, 7) is 6.61. The molecule has 0 unspecified atom stereocenters. The normalized spacial score (nSPS) is 13.1. The Morgan fingerprint density at radius 1 is 1.00 bits per heavy atom. The van der Waals surface area contributed by atoms with Gasteiger partial charge in [0.2, 0.25) is 0 Å². The number of nitrogens with one attached hydrogen (secondary N) is 1. The van der Waals surface area contributed by atoms with Crippen LogP contribution in [0, 0.1) is 0 Å². The highest BCUT2D eigenvalue weighted by Gasteiger charge is 2.20. The number of piperazine rings is 1. The fourth-order valence-corrected chi connectivity index (χ4v) is 3.87. The average molecular weight is 544 g/mol. The first-order valence-electron chi connectivity index (χ1n) is 10.6. The maximum Gasteiger partial charge on any atom is 0.336 e. The van der Waals surface area contributed by atoms with Crippen molar-refractivity contribution in [2.24, 2.45) is 0 Å². The number of carboxylic acids is 1. The van der Waals surface area contributed by atoms with Crippen LogP contribution in [0.5, 0.6) is 5.75 Å². The number of amides is 1. The Morgan fingerprint density at radius 2 is 1.66 bits per heavy atom. The molecule has 8 nitrogen and oxygen atoms in total. The summed E-state index contributed by atoms with van der Waals surface area (Å²) in [4.78, 5) is 33.8. The van der Waals surface area contributed by atoms with Crippen LogP contribution in [0.4, 0.5) is 11.5 Å². The molecular weight excluding hydrogens is 515 g/mol. The number of carbonyl (C=O) groups excluding carboxylic acids is 1. The van der Waals surface area contributed by atoms with Crippen molar-refractivity contribution in [2.75, 3.05) is 50.1 Å². The van der Waals surface area contributed by atoms with E-state index in [0.717, 1.165) is 32.7 Å². The van der Waals surface area contributed by atoms with E-state index in [1.807, 2.05) is 0 Å². The van der Waals surface area contributed by atoms with Gasteiger partial charge >= 0.3 is 5.97 Å². The number of aromatic nitrogens is 1. The van der Waals surface area contributed by atoms with E-state index in [4.69, 9.17) is 9.72 Å². The Kier molecular flexibility index (Phi) is 11.5. The Labute approximate surface area is 222 Å². The lowest BCUT2D eigenvalue weighted by Crippen LogP contribution is -2.46. The summed E-state index contributed by atoms with van der Waals surface area (Å²) < 4.78 is 5.12. The van der Waals surface area contributed by atoms with Gasteiger partial charge < -0.3 is 25.0 Å². The fourth-order valence-electron chi connectivity index (χ4n) is 3.87. The van der Waals surface area contributed by atoms with Gasteiger partial charge in [0.25, 0.3) is 5.91 Å². The molecule has 2 heterocycles. The molecule has 1 fully saturated rings. The Hall–Kier alpha value is -2.78. The first kappa shape index (κ1) is 30.3. The van der Waals surface area contributed by atoms with Gasteiger partial charge in [0.05, 0.1) is 18.2 Å². The molecule has 4 rings (SSSR count). The molecule has 0 spiro atoms. The van der Waals surface area contributed by atoms with Crippen LogP contribution in [0.25, 0.3) is 10.9 Å². The number of rotatable bonds is 6. The second-order valence-electron chi connectivity index (χ2n) is 7.67. The molecule has 1 aromatic heterocycles. The number of methoxy groups -OCH3 is 1. The smallest absolute Gasteiger partial charge is 0.336 e. The van der Waals surface area contributed by atoms with Gasteiger partial charge in [0, 0.05) is 42.8 Å². The van der Waals surface area contributed by atoms with Crippen molar-refractivity contribution in [3.63, 3.8) is 0 Å². The van der Waals surface area contributed by atoms with Crippen LogP contribution in [-0.2, 0) is 0 Å². The number of anilines is 2. The number of nitrogens with zero attached hydrogens (tertiary/aromatic N) is 3. The van der Waals surface area contributed by atoms with Crippen molar-refractivity contribution >= 4 is 71.5 Å². The highest BCUT2D eigenvalue weighted by molar-refractivity contribution is 6.08. The van der Waals surface area contributed by atoms with E-state index in [9.17, 15) is 14.7 Å². The molecule has 11 heteroatoms. The summed E-state index contributed by atoms with van der Waals surface area (Å²) in [6.07, 6.45) is 0. The Balaban J connectivity index is 0.00000204. The number of hydrogen-bond donors (Lipinski definition) is 2. The number of ether oxygens (including phenoxy) is 1. The second-order valence-corrected chi connectivity index (χ2v) is 7.67. The van der Waals surface area contributed by atoms with Gasteiger partial charge in [0.1, 0.15) is 11.6 Å². The number of halogens is 3. The zero-order chi connectivity index (χ0) is 22.7. The molecule has 3 aromatic rings. The molecule has 1 aliphatic rings. The Morgan fingerprint density at radius 3 is 2.23 bits per heavy atom. The summed E-state index contributed by atoms with van der Waals surface area (Å²) in [5.41, 5.74) is 1.74. The van der Waals surface area contributed by atoms with Gasteiger partial charge in [-0.05, 0) is 55.1 Å². The van der Waals surface area contributed by atoms with Gasteiger partial charge in [-0.1, -0.05) is 6.92 Å². The number of carbonyl (C=O) groups is 2. The molecule has 0 saturated carbocycles. The topological polar surface area (TPSA) is 95.0 Å². The Bertz CT molecular complexity index is 1150. The van der Waals surface area contributed by atoms with Crippen molar-refractivity contribution in [3.8, 4) is 5.75 Å². The number of pyridine rings is 1. The highest BCUT2D eigenvalue weighted by atomic mass is 35.5. The predicted octanol–water partition coefficient (Wildman–Crippen LogP) is 4.60. The lowest BCUT2D eigenvalue weighted by molar-refractivity contribution is 0.0698. The van der Waals surface area contributed by atoms with Crippen LogP contribution in [-0.4, -0.2) is 66.7 Å². The summed E-state index contributed by atoms with van der Waals surface area (Å²) in [5.74, 6) is 0.0174. The lowest BCUT2D eigenvalue weighted by atomic mass is 10.1. The van der Waals surface area contributed by atoms with Crippen LogP contribution in [0.2, 0.25) is 0 Å². The van der Waals surface area contributed by atoms with E-state index in [0.29, 0.717) is 33.7 Å². The van der Waals surface area contributed by atoms with E-state index in [1.165, 1.54) is 0 Å². The van der Waals surface area contributed by atoms with E-state index in [-0.39, 0.29) is 48.7 Å².